The van der Waals surface area contributed by atoms with Gasteiger partial charge in [-0.05, 0) is 70.9 Å². The molecule has 0 saturated heterocycles. The van der Waals surface area contributed by atoms with Crippen LogP contribution in [0.5, 0.6) is 0 Å². The topological polar surface area (TPSA) is 31.2 Å². The van der Waals surface area contributed by atoms with Crippen molar-refractivity contribution in [1.82, 2.24) is 0 Å². The number of aliphatic imine (C=N–C) groups is 2. The lowest BCUT2D eigenvalue weighted by molar-refractivity contribution is 0.514. The Labute approximate surface area is 232 Å². The van der Waals surface area contributed by atoms with Crippen molar-refractivity contribution in [2.45, 2.75) is 105 Å². The van der Waals surface area contributed by atoms with Crippen molar-refractivity contribution in [2.24, 2.45) is 21.8 Å². The summed E-state index contributed by atoms with van der Waals surface area (Å²) in [5, 5.41) is 0. The summed E-state index contributed by atoms with van der Waals surface area (Å²) >= 11 is 0. The minimum Gasteiger partial charge on any atom is -0.321 e. The van der Waals surface area contributed by atoms with Crippen molar-refractivity contribution in [3.05, 3.63) is 59.7 Å². The smallest absolute Gasteiger partial charge is 0.172 e. The van der Waals surface area contributed by atoms with Gasteiger partial charge in [-0.15, -0.1) is 0 Å². The van der Waals surface area contributed by atoms with E-state index in [9.17, 15) is 0 Å². The third-order valence-electron chi connectivity index (χ3n) is 7.64. The summed E-state index contributed by atoms with van der Waals surface area (Å²) in [5.41, 5.74) is 5.33. The first-order chi connectivity index (χ1) is 17.7. The molecule has 0 unspecified atom stereocenters. The van der Waals surface area contributed by atoms with Crippen LogP contribution in [-0.4, -0.2) is 36.8 Å². The number of anilines is 2. The average molecular weight is 515 g/mol. The molecule has 0 saturated carbocycles. The first-order valence-electron chi connectivity index (χ1n) is 14.6. The predicted octanol–water partition coefficient (Wildman–Crippen LogP) is 8.25. The van der Waals surface area contributed by atoms with E-state index in [0.717, 1.165) is 37.6 Å². The fourth-order valence-corrected chi connectivity index (χ4v) is 5.60. The Kier molecular flexibility index (Phi) is 8.12. The normalized spacial score (nSPS) is 20.5. The van der Waals surface area contributed by atoms with Crippen LogP contribution in [0.1, 0.15) is 93.2 Å². The van der Waals surface area contributed by atoms with E-state index in [1.807, 2.05) is 0 Å². The Morgan fingerprint density at radius 1 is 0.658 bits per heavy atom. The molecule has 2 aliphatic rings. The van der Waals surface area contributed by atoms with Crippen LogP contribution in [0.25, 0.3) is 0 Å². The minimum absolute atomic E-state index is 0.0943. The van der Waals surface area contributed by atoms with Crippen LogP contribution < -0.4 is 9.80 Å². The molecule has 0 bridgehead atoms. The van der Waals surface area contributed by atoms with Gasteiger partial charge in [-0.3, -0.25) is 9.98 Å². The van der Waals surface area contributed by atoms with E-state index < -0.39 is 0 Å². The molecule has 0 N–H and O–H groups in total. The van der Waals surface area contributed by atoms with E-state index in [0.29, 0.717) is 11.8 Å². The fourth-order valence-electron chi connectivity index (χ4n) is 5.60. The van der Waals surface area contributed by atoms with Gasteiger partial charge in [0.2, 0.25) is 0 Å². The highest BCUT2D eigenvalue weighted by Gasteiger charge is 2.37. The highest BCUT2D eigenvalue weighted by atomic mass is 15.4. The first-order valence-corrected chi connectivity index (χ1v) is 14.6. The second-order valence-corrected chi connectivity index (χ2v) is 14.3. The molecule has 0 amide bonds. The third-order valence-corrected chi connectivity index (χ3v) is 7.64. The van der Waals surface area contributed by atoms with Gasteiger partial charge in [0.25, 0.3) is 0 Å². The number of hydrogen-bond acceptors (Lipinski definition) is 4. The van der Waals surface area contributed by atoms with Gasteiger partial charge in [0, 0.05) is 24.5 Å². The molecular formula is C34H50N4. The molecule has 2 aliphatic heterocycles. The van der Waals surface area contributed by atoms with E-state index in [2.05, 4.69) is 128 Å². The Bertz CT molecular complexity index is 1080. The Morgan fingerprint density at radius 3 is 1.34 bits per heavy atom. The summed E-state index contributed by atoms with van der Waals surface area (Å²) in [7, 11) is 0. The summed E-state index contributed by atoms with van der Waals surface area (Å²) in [5.74, 6) is 3.28. The number of rotatable bonds is 7. The lowest BCUT2D eigenvalue weighted by Crippen LogP contribution is -2.42. The van der Waals surface area contributed by atoms with Crippen LogP contribution in [-0.2, 0) is 10.8 Å². The van der Waals surface area contributed by atoms with Gasteiger partial charge in [0.05, 0.1) is 12.1 Å². The average Bonchev–Trinajstić information content (AvgIpc) is 3.41. The summed E-state index contributed by atoms with van der Waals surface area (Å²) in [6.45, 7) is 24.7. The number of hydrogen-bond donors (Lipinski definition) is 0. The van der Waals surface area contributed by atoms with E-state index in [1.54, 1.807) is 0 Å². The van der Waals surface area contributed by atoms with Crippen molar-refractivity contribution in [2.75, 3.05) is 22.9 Å². The molecular weight excluding hydrogens is 464 g/mol. The molecule has 0 aliphatic carbocycles. The standard InChI is InChI=1S/C34H50N4/c1-23(2)17-27-21-37(29-15-11-13-25(19-29)33(5,6)7)31(35-27)32-36-28(18-24(3)4)22-38(32)30-16-12-14-26(20-30)34(8,9)10/h11-16,19-20,23-24,27-28H,17-18,21-22H2,1-10H3/t27-,28+. The molecule has 206 valence electrons. The van der Waals surface area contributed by atoms with Crippen LogP contribution in [0, 0.1) is 11.8 Å². The third kappa shape index (κ3) is 6.50. The zero-order valence-corrected chi connectivity index (χ0v) is 25.5. The van der Waals surface area contributed by atoms with E-state index >= 15 is 0 Å². The zero-order valence-electron chi connectivity index (χ0n) is 25.5. The molecule has 0 fully saturated rings. The highest BCUT2D eigenvalue weighted by molar-refractivity contribution is 6.50. The van der Waals surface area contributed by atoms with E-state index in [4.69, 9.17) is 9.98 Å². The molecule has 38 heavy (non-hydrogen) atoms. The molecule has 4 nitrogen and oxygen atoms in total. The largest absolute Gasteiger partial charge is 0.321 e. The Hall–Kier alpha value is -2.62. The molecule has 4 heteroatoms. The maximum Gasteiger partial charge on any atom is 0.172 e. The number of amidine groups is 2. The van der Waals surface area contributed by atoms with Crippen LogP contribution in [0.2, 0.25) is 0 Å². The summed E-state index contributed by atoms with van der Waals surface area (Å²) in [4.78, 5) is 15.7. The zero-order chi connectivity index (χ0) is 27.8. The summed E-state index contributed by atoms with van der Waals surface area (Å²) in [6.07, 6.45) is 2.17. The molecule has 2 aromatic rings. The van der Waals surface area contributed by atoms with Gasteiger partial charge >= 0.3 is 0 Å². The predicted molar refractivity (Wildman–Crippen MR) is 166 cm³/mol. The maximum absolute atomic E-state index is 5.39. The van der Waals surface area contributed by atoms with E-state index in [1.165, 1.54) is 22.5 Å². The van der Waals surface area contributed by atoms with Crippen LogP contribution in [0.3, 0.4) is 0 Å². The van der Waals surface area contributed by atoms with Gasteiger partial charge in [0.1, 0.15) is 0 Å². The van der Waals surface area contributed by atoms with Crippen molar-refractivity contribution in [3.8, 4) is 0 Å². The van der Waals surface area contributed by atoms with Crippen molar-refractivity contribution in [3.63, 3.8) is 0 Å². The van der Waals surface area contributed by atoms with Crippen molar-refractivity contribution in [1.29, 1.82) is 0 Å². The second-order valence-electron chi connectivity index (χ2n) is 14.3. The molecule has 2 aromatic carbocycles. The molecule has 0 aromatic heterocycles. The van der Waals surface area contributed by atoms with Gasteiger partial charge in [-0.1, -0.05) is 93.5 Å². The molecule has 4 rings (SSSR count). The number of benzene rings is 2. The first kappa shape index (κ1) is 28.4. The SMILES string of the molecule is CC(C)C[C@@H]1CN(c2cccc(C(C)(C)C)c2)C(C2=N[C@@H](CC(C)C)CN2c2cccc(C(C)(C)C)c2)=N1. The van der Waals surface area contributed by atoms with Gasteiger partial charge in [-0.2, -0.15) is 0 Å². The van der Waals surface area contributed by atoms with Crippen molar-refractivity contribution >= 4 is 23.0 Å². The molecule has 2 heterocycles. The molecule has 0 spiro atoms. The van der Waals surface area contributed by atoms with Gasteiger partial charge in [-0.25, -0.2) is 0 Å². The van der Waals surface area contributed by atoms with Gasteiger partial charge < -0.3 is 9.80 Å². The fraction of sp³-hybridized carbons (Fsp3) is 0.588. The molecule has 2 atom stereocenters. The lowest BCUT2D eigenvalue weighted by Gasteiger charge is -2.29. The van der Waals surface area contributed by atoms with Crippen LogP contribution in [0.15, 0.2) is 58.5 Å². The molecule has 0 radical (unpaired) electrons. The monoisotopic (exact) mass is 514 g/mol. The Morgan fingerprint density at radius 2 is 1.03 bits per heavy atom. The quantitative estimate of drug-likeness (QED) is 0.372. The van der Waals surface area contributed by atoms with Crippen LogP contribution in [0.4, 0.5) is 11.4 Å². The summed E-state index contributed by atoms with van der Waals surface area (Å²) in [6, 6.07) is 18.7. The van der Waals surface area contributed by atoms with Crippen LogP contribution >= 0.6 is 0 Å². The van der Waals surface area contributed by atoms with Gasteiger partial charge in [0.15, 0.2) is 11.7 Å². The maximum atomic E-state index is 5.39. The lowest BCUT2D eigenvalue weighted by atomic mass is 9.87. The Balaban J connectivity index is 1.79. The highest BCUT2D eigenvalue weighted by Crippen LogP contribution is 2.34. The second kappa shape index (κ2) is 10.9. The van der Waals surface area contributed by atoms with Crippen molar-refractivity contribution < 1.29 is 0 Å². The van der Waals surface area contributed by atoms with E-state index in [-0.39, 0.29) is 22.9 Å². The minimum atomic E-state index is 0.0943. The number of nitrogens with zero attached hydrogens (tertiary/aromatic N) is 4. The summed E-state index contributed by atoms with van der Waals surface area (Å²) < 4.78 is 0.